The molecule has 2 aliphatic rings. The van der Waals surface area contributed by atoms with Gasteiger partial charge in [-0.25, -0.2) is 8.78 Å². The zero-order valence-corrected chi connectivity index (χ0v) is 13.2. The molecular formula is C20H19F2NO. The summed E-state index contributed by atoms with van der Waals surface area (Å²) in [5, 5.41) is 3.40. The molecule has 1 heterocycles. The maximum Gasteiger partial charge on any atom is 0.142 e. The molecule has 4 unspecified atom stereocenters. The molecule has 0 spiro atoms. The van der Waals surface area contributed by atoms with E-state index in [9.17, 15) is 13.6 Å². The van der Waals surface area contributed by atoms with Crippen molar-refractivity contribution >= 4 is 5.78 Å². The minimum Gasteiger partial charge on any atom is -0.301 e. The van der Waals surface area contributed by atoms with Crippen LogP contribution in [0.25, 0.3) is 0 Å². The van der Waals surface area contributed by atoms with Crippen LogP contribution in [0.2, 0.25) is 0 Å². The highest BCUT2D eigenvalue weighted by Crippen LogP contribution is 2.46. The summed E-state index contributed by atoms with van der Waals surface area (Å²) < 4.78 is 28.6. The van der Waals surface area contributed by atoms with Crippen molar-refractivity contribution in [1.82, 2.24) is 5.32 Å². The van der Waals surface area contributed by atoms with Gasteiger partial charge in [-0.15, -0.1) is 0 Å². The molecule has 4 rings (SSSR count). The monoisotopic (exact) mass is 327 g/mol. The summed E-state index contributed by atoms with van der Waals surface area (Å²) in [6, 6.07) is 12.3. The molecule has 0 radical (unpaired) electrons. The van der Waals surface area contributed by atoms with Gasteiger partial charge in [0.2, 0.25) is 0 Å². The first-order valence-corrected chi connectivity index (χ1v) is 8.45. The second kappa shape index (κ2) is 6.10. The molecule has 1 aliphatic heterocycles. The number of halogens is 2. The highest BCUT2D eigenvalue weighted by atomic mass is 19.1. The van der Waals surface area contributed by atoms with E-state index in [1.54, 1.807) is 36.4 Å². The number of hydrogen-bond donors (Lipinski definition) is 1. The first kappa shape index (κ1) is 15.5. The van der Waals surface area contributed by atoms with E-state index in [1.165, 1.54) is 12.1 Å². The molecule has 4 heteroatoms. The zero-order chi connectivity index (χ0) is 16.7. The van der Waals surface area contributed by atoms with Gasteiger partial charge >= 0.3 is 0 Å². The van der Waals surface area contributed by atoms with Crippen molar-refractivity contribution in [2.24, 2.45) is 11.8 Å². The molecule has 2 nitrogen and oxygen atoms in total. The van der Waals surface area contributed by atoms with Crippen LogP contribution >= 0.6 is 0 Å². The van der Waals surface area contributed by atoms with Crippen LogP contribution in [0.15, 0.2) is 48.5 Å². The Bertz CT molecular complexity index is 714. The standard InChI is InChI=1S/C20H19F2NO/c21-16-10-3-1-6-12(16)18-14-8-5-9-15(20(14)24)19(23-18)13-7-2-4-11-17(13)22/h1-4,6-7,10-11,14-15,18-19,23H,5,8-9H2. The lowest BCUT2D eigenvalue weighted by molar-refractivity contribution is -0.135. The Morgan fingerprint density at radius 1 is 0.792 bits per heavy atom. The van der Waals surface area contributed by atoms with Gasteiger partial charge in [-0.1, -0.05) is 42.8 Å². The first-order valence-electron chi connectivity index (χ1n) is 8.45. The predicted octanol–water partition coefficient (Wildman–Crippen LogP) is 4.34. The molecule has 1 N–H and O–H groups in total. The van der Waals surface area contributed by atoms with E-state index in [2.05, 4.69) is 5.32 Å². The van der Waals surface area contributed by atoms with Gasteiger partial charge < -0.3 is 5.32 Å². The fourth-order valence-electron chi connectivity index (χ4n) is 4.27. The molecule has 2 aromatic rings. The van der Waals surface area contributed by atoms with Crippen LogP contribution in [0, 0.1) is 23.5 Å². The average molecular weight is 327 g/mol. The third-order valence-electron chi connectivity index (χ3n) is 5.41. The number of carbonyl (C=O) groups is 1. The molecule has 24 heavy (non-hydrogen) atoms. The summed E-state index contributed by atoms with van der Waals surface area (Å²) >= 11 is 0. The van der Waals surface area contributed by atoms with Gasteiger partial charge in [-0.05, 0) is 25.0 Å². The highest BCUT2D eigenvalue weighted by molar-refractivity contribution is 5.87. The number of carbonyl (C=O) groups excluding carboxylic acids is 1. The molecule has 124 valence electrons. The molecule has 2 aromatic carbocycles. The van der Waals surface area contributed by atoms with E-state index >= 15 is 0 Å². The van der Waals surface area contributed by atoms with E-state index < -0.39 is 12.1 Å². The van der Waals surface area contributed by atoms with Gasteiger partial charge in [0.25, 0.3) is 0 Å². The van der Waals surface area contributed by atoms with Crippen molar-refractivity contribution in [2.45, 2.75) is 31.3 Å². The van der Waals surface area contributed by atoms with Gasteiger partial charge in [0.05, 0.1) is 0 Å². The number of rotatable bonds is 2. The lowest BCUT2D eigenvalue weighted by Gasteiger charge is -2.45. The van der Waals surface area contributed by atoms with Crippen molar-refractivity contribution in [1.29, 1.82) is 0 Å². The van der Waals surface area contributed by atoms with Crippen LogP contribution in [0.3, 0.4) is 0 Å². The minimum atomic E-state index is -0.403. The summed E-state index contributed by atoms with van der Waals surface area (Å²) in [5.41, 5.74) is 0.995. The van der Waals surface area contributed by atoms with Gasteiger partial charge in [0.1, 0.15) is 17.4 Å². The number of hydrogen-bond acceptors (Lipinski definition) is 2. The van der Waals surface area contributed by atoms with Crippen molar-refractivity contribution < 1.29 is 13.6 Å². The first-order chi connectivity index (χ1) is 11.7. The van der Waals surface area contributed by atoms with E-state index in [0.717, 1.165) is 19.3 Å². The van der Waals surface area contributed by atoms with E-state index in [4.69, 9.17) is 0 Å². The Morgan fingerprint density at radius 3 is 1.71 bits per heavy atom. The largest absolute Gasteiger partial charge is 0.301 e. The second-order valence-electron chi connectivity index (χ2n) is 6.71. The van der Waals surface area contributed by atoms with Crippen molar-refractivity contribution in [2.75, 3.05) is 0 Å². The smallest absolute Gasteiger partial charge is 0.142 e. The predicted molar refractivity (Wildman–Crippen MR) is 87.3 cm³/mol. The van der Waals surface area contributed by atoms with Crippen LogP contribution in [0.4, 0.5) is 8.78 Å². The number of fused-ring (bicyclic) bond motifs is 2. The topological polar surface area (TPSA) is 29.1 Å². The number of ketones is 1. The zero-order valence-electron chi connectivity index (χ0n) is 13.2. The van der Waals surface area contributed by atoms with Crippen molar-refractivity contribution in [3.8, 4) is 0 Å². The minimum absolute atomic E-state index is 0.140. The molecule has 2 bridgehead atoms. The van der Waals surface area contributed by atoms with Crippen molar-refractivity contribution in [3.05, 3.63) is 71.3 Å². The molecule has 4 atom stereocenters. The molecule has 1 saturated heterocycles. The van der Waals surface area contributed by atoms with Gasteiger partial charge in [-0.2, -0.15) is 0 Å². The van der Waals surface area contributed by atoms with Crippen LogP contribution in [0.1, 0.15) is 42.5 Å². The second-order valence-corrected chi connectivity index (χ2v) is 6.71. The SMILES string of the molecule is O=C1C2CCCC1C(c1ccccc1F)NC2c1ccccc1F. The summed E-state index contributed by atoms with van der Waals surface area (Å²) in [4.78, 5) is 12.9. The molecule has 1 saturated carbocycles. The quantitative estimate of drug-likeness (QED) is 0.889. The van der Waals surface area contributed by atoms with E-state index in [-0.39, 0.29) is 29.3 Å². The highest BCUT2D eigenvalue weighted by Gasteiger charge is 2.47. The normalized spacial score (nSPS) is 29.5. The van der Waals surface area contributed by atoms with Gasteiger partial charge in [0.15, 0.2) is 0 Å². The number of piperidine rings is 1. The fraction of sp³-hybridized carbons (Fsp3) is 0.350. The Balaban J connectivity index is 1.78. The number of nitrogens with one attached hydrogen (secondary N) is 1. The summed E-state index contributed by atoms with van der Waals surface area (Å²) in [6.07, 6.45) is 2.43. The average Bonchev–Trinajstić information content (AvgIpc) is 2.57. The maximum atomic E-state index is 14.3. The van der Waals surface area contributed by atoms with Crippen molar-refractivity contribution in [3.63, 3.8) is 0 Å². The van der Waals surface area contributed by atoms with Crippen LogP contribution in [-0.4, -0.2) is 5.78 Å². The number of Topliss-reactive ketones (excluding diaryl/α,β-unsaturated/α-hetero) is 1. The lowest BCUT2D eigenvalue weighted by atomic mass is 9.67. The van der Waals surface area contributed by atoms with Crippen LogP contribution in [0.5, 0.6) is 0 Å². The maximum absolute atomic E-state index is 14.3. The molecule has 2 fully saturated rings. The molecule has 1 aliphatic carbocycles. The van der Waals surface area contributed by atoms with Gasteiger partial charge in [-0.3, -0.25) is 4.79 Å². The fourth-order valence-corrected chi connectivity index (χ4v) is 4.27. The molecular weight excluding hydrogens is 308 g/mol. The number of benzene rings is 2. The van der Waals surface area contributed by atoms with Gasteiger partial charge in [0, 0.05) is 35.0 Å². The van der Waals surface area contributed by atoms with Crippen LogP contribution < -0.4 is 5.32 Å². The van der Waals surface area contributed by atoms with Crippen LogP contribution in [-0.2, 0) is 4.79 Å². The lowest BCUT2D eigenvalue weighted by Crippen LogP contribution is -2.51. The third-order valence-corrected chi connectivity index (χ3v) is 5.41. The Kier molecular flexibility index (Phi) is 3.93. The summed E-state index contributed by atoms with van der Waals surface area (Å²) in [5.74, 6) is -0.966. The Labute approximate surface area is 139 Å². The van der Waals surface area contributed by atoms with E-state index in [1.807, 2.05) is 0 Å². The summed E-state index contributed by atoms with van der Waals surface area (Å²) in [6.45, 7) is 0. The van der Waals surface area contributed by atoms with E-state index in [0.29, 0.717) is 11.1 Å². The third kappa shape index (κ3) is 2.46. The Hall–Kier alpha value is -2.07. The Morgan fingerprint density at radius 2 is 1.25 bits per heavy atom. The molecule has 0 amide bonds. The summed E-state index contributed by atoms with van der Waals surface area (Å²) in [7, 11) is 0. The molecule has 0 aromatic heterocycles.